The van der Waals surface area contributed by atoms with Crippen LogP contribution in [0.3, 0.4) is 0 Å². The molecule has 0 radical (unpaired) electrons. The van der Waals surface area contributed by atoms with Crippen molar-refractivity contribution in [2.45, 2.75) is 0 Å². The van der Waals surface area contributed by atoms with E-state index >= 15 is 0 Å². The highest BCUT2D eigenvalue weighted by molar-refractivity contribution is 8.01. The highest BCUT2D eigenvalue weighted by Crippen LogP contribution is 2.53. The molecule has 1 nitrogen and oxygen atoms in total. The van der Waals surface area contributed by atoms with Crippen LogP contribution in [0.25, 0.3) is 0 Å². The van der Waals surface area contributed by atoms with E-state index in [0.717, 1.165) is 0 Å². The Morgan fingerprint density at radius 3 is 0.714 bits per heavy atom. The van der Waals surface area contributed by atoms with E-state index in [1.807, 2.05) is 0 Å². The molecule has 0 atom stereocenters. The second kappa shape index (κ2) is 11.0. The molecule has 28 heavy (non-hydrogen) atoms. The van der Waals surface area contributed by atoms with Crippen molar-refractivity contribution in [2.24, 2.45) is 0 Å². The SMILES string of the molecule is Cl.N.[Cl-].c1ccc([P+](c2ccccc2)(c2ccccc2)c2ccccc2)cc1. The molecule has 4 heteroatoms. The topological polar surface area (TPSA) is 35.0 Å². The van der Waals surface area contributed by atoms with Crippen molar-refractivity contribution < 1.29 is 12.4 Å². The van der Waals surface area contributed by atoms with E-state index < -0.39 is 7.26 Å². The zero-order valence-electron chi connectivity index (χ0n) is 15.5. The molecule has 0 spiro atoms. The van der Waals surface area contributed by atoms with Crippen molar-refractivity contribution in [1.29, 1.82) is 0 Å². The van der Waals surface area contributed by atoms with Gasteiger partial charge in [-0.25, -0.2) is 0 Å². The molecule has 0 heterocycles. The highest BCUT2D eigenvalue weighted by Gasteiger charge is 2.47. The number of hydrogen-bond donors (Lipinski definition) is 1. The predicted octanol–water partition coefficient (Wildman–Crippen LogP) is 1.89. The lowest BCUT2D eigenvalue weighted by Gasteiger charge is -2.27. The molecular weight excluding hydrogens is 404 g/mol. The third kappa shape index (κ3) is 4.29. The fourth-order valence-electron chi connectivity index (χ4n) is 3.50. The first-order chi connectivity index (χ1) is 12.4. The van der Waals surface area contributed by atoms with Gasteiger partial charge in [0.2, 0.25) is 0 Å². The lowest BCUT2D eigenvalue weighted by Crippen LogP contribution is -3.00. The maximum absolute atomic E-state index is 2.28. The van der Waals surface area contributed by atoms with Gasteiger partial charge in [0.05, 0.1) is 0 Å². The van der Waals surface area contributed by atoms with Crippen molar-refractivity contribution in [1.82, 2.24) is 6.15 Å². The first-order valence-electron chi connectivity index (χ1n) is 8.54. The van der Waals surface area contributed by atoms with Crippen LogP contribution in [0, 0.1) is 0 Å². The lowest BCUT2D eigenvalue weighted by molar-refractivity contribution is -0.00000536. The van der Waals surface area contributed by atoms with E-state index in [9.17, 15) is 0 Å². The van der Waals surface area contributed by atoms with Gasteiger partial charge in [0.15, 0.2) is 0 Å². The summed E-state index contributed by atoms with van der Waals surface area (Å²) in [5, 5.41) is 5.55. The van der Waals surface area contributed by atoms with E-state index in [1.54, 1.807) is 0 Å². The Morgan fingerprint density at radius 1 is 0.357 bits per heavy atom. The fraction of sp³-hybridized carbons (Fsp3) is 0. The summed E-state index contributed by atoms with van der Waals surface area (Å²) in [6.07, 6.45) is 0. The van der Waals surface area contributed by atoms with Crippen LogP contribution in [-0.2, 0) is 0 Å². The van der Waals surface area contributed by atoms with Crippen LogP contribution in [-0.4, -0.2) is 0 Å². The van der Waals surface area contributed by atoms with E-state index in [1.165, 1.54) is 21.2 Å². The molecule has 0 amide bonds. The van der Waals surface area contributed by atoms with E-state index in [-0.39, 0.29) is 31.0 Å². The molecule has 4 aromatic carbocycles. The molecule has 3 N–H and O–H groups in total. The van der Waals surface area contributed by atoms with Crippen LogP contribution < -0.4 is 39.8 Å². The fourth-order valence-corrected chi connectivity index (χ4v) is 7.77. The van der Waals surface area contributed by atoms with Crippen LogP contribution in [0.4, 0.5) is 0 Å². The Labute approximate surface area is 180 Å². The minimum atomic E-state index is -1.91. The summed E-state index contributed by atoms with van der Waals surface area (Å²) in [6, 6.07) is 43.8. The molecule has 4 aromatic rings. The zero-order valence-corrected chi connectivity index (χ0v) is 18.0. The summed E-state index contributed by atoms with van der Waals surface area (Å²) in [7, 11) is -1.91. The van der Waals surface area contributed by atoms with Gasteiger partial charge in [-0.15, -0.1) is 12.4 Å². The van der Waals surface area contributed by atoms with Gasteiger partial charge in [0.25, 0.3) is 0 Å². The van der Waals surface area contributed by atoms with Gasteiger partial charge in [-0.2, -0.15) is 0 Å². The summed E-state index contributed by atoms with van der Waals surface area (Å²) in [5.41, 5.74) is 0. The summed E-state index contributed by atoms with van der Waals surface area (Å²) >= 11 is 0. The normalized spacial score (nSPS) is 10.0. The van der Waals surface area contributed by atoms with E-state index in [0.29, 0.717) is 0 Å². The number of halogens is 2. The molecule has 4 rings (SSSR count). The molecule has 144 valence electrons. The number of rotatable bonds is 4. The third-order valence-electron chi connectivity index (χ3n) is 4.57. The zero-order chi connectivity index (χ0) is 17.0. The van der Waals surface area contributed by atoms with Crippen molar-refractivity contribution >= 4 is 40.9 Å². The standard InChI is InChI=1S/C24H20P.2ClH.H3N/c1-5-13-21(14-6-1)25(22-15-7-2-8-16-22,23-17-9-3-10-18-23)24-19-11-4-12-20-24;;;/h1-20H;2*1H;1H3/q+1;;;/p-1. The summed E-state index contributed by atoms with van der Waals surface area (Å²) < 4.78 is 0. The molecule has 0 bridgehead atoms. The van der Waals surface area contributed by atoms with Crippen molar-refractivity contribution in [3.8, 4) is 0 Å². The predicted molar refractivity (Wildman–Crippen MR) is 123 cm³/mol. The van der Waals surface area contributed by atoms with Gasteiger partial charge in [-0.3, -0.25) is 0 Å². The minimum absolute atomic E-state index is 0. The Morgan fingerprint density at radius 2 is 0.536 bits per heavy atom. The number of benzene rings is 4. The van der Waals surface area contributed by atoms with E-state index in [4.69, 9.17) is 0 Å². The Balaban J connectivity index is 0.00000131. The molecular formula is C24H24Cl2NP. The Hall–Kier alpha value is -2.15. The maximum Gasteiger partial charge on any atom is 0.144 e. The quantitative estimate of drug-likeness (QED) is 0.496. The molecule has 0 aliphatic heterocycles. The van der Waals surface area contributed by atoms with Crippen molar-refractivity contribution in [3.63, 3.8) is 0 Å². The van der Waals surface area contributed by atoms with Gasteiger partial charge in [0.1, 0.15) is 28.5 Å². The smallest absolute Gasteiger partial charge is 0.144 e. The van der Waals surface area contributed by atoms with Crippen molar-refractivity contribution in [3.05, 3.63) is 121 Å². The molecule has 0 unspecified atom stereocenters. The van der Waals surface area contributed by atoms with Gasteiger partial charge >= 0.3 is 0 Å². The molecule has 0 saturated carbocycles. The molecule has 0 fully saturated rings. The Bertz CT molecular complexity index is 770. The van der Waals surface area contributed by atoms with Gasteiger partial charge in [-0.1, -0.05) is 72.8 Å². The Kier molecular flexibility index (Phi) is 9.38. The summed E-state index contributed by atoms with van der Waals surface area (Å²) in [5.74, 6) is 0. The minimum Gasteiger partial charge on any atom is -1.00 e. The highest BCUT2D eigenvalue weighted by atomic mass is 35.5. The molecule has 0 aliphatic carbocycles. The molecule has 0 aliphatic rings. The second-order valence-electron chi connectivity index (χ2n) is 6.01. The monoisotopic (exact) mass is 427 g/mol. The largest absolute Gasteiger partial charge is 1.00 e. The van der Waals surface area contributed by atoms with Gasteiger partial charge in [0, 0.05) is 0 Å². The first-order valence-corrected chi connectivity index (χ1v) is 10.3. The van der Waals surface area contributed by atoms with Crippen molar-refractivity contribution in [2.75, 3.05) is 0 Å². The van der Waals surface area contributed by atoms with Crippen LogP contribution in [0.15, 0.2) is 121 Å². The molecule has 0 saturated heterocycles. The van der Waals surface area contributed by atoms with E-state index in [2.05, 4.69) is 121 Å². The van der Waals surface area contributed by atoms with Gasteiger partial charge in [-0.05, 0) is 48.5 Å². The summed E-state index contributed by atoms with van der Waals surface area (Å²) in [4.78, 5) is 0. The van der Waals surface area contributed by atoms with Crippen LogP contribution in [0.1, 0.15) is 0 Å². The second-order valence-corrected chi connectivity index (χ2v) is 9.42. The van der Waals surface area contributed by atoms with Crippen LogP contribution in [0.5, 0.6) is 0 Å². The van der Waals surface area contributed by atoms with Crippen LogP contribution in [0.2, 0.25) is 0 Å². The number of hydrogen-bond acceptors (Lipinski definition) is 1. The average molecular weight is 428 g/mol. The average Bonchev–Trinajstić information content (AvgIpc) is 2.72. The lowest BCUT2D eigenvalue weighted by atomic mass is 10.3. The van der Waals surface area contributed by atoms with Crippen LogP contribution >= 0.6 is 19.7 Å². The molecule has 0 aromatic heterocycles. The van der Waals surface area contributed by atoms with Gasteiger partial charge < -0.3 is 18.6 Å². The third-order valence-corrected chi connectivity index (χ3v) is 8.86. The maximum atomic E-state index is 2.28. The first kappa shape index (κ1) is 23.9. The summed E-state index contributed by atoms with van der Waals surface area (Å²) in [6.45, 7) is 0.